The van der Waals surface area contributed by atoms with Gasteiger partial charge in [-0.25, -0.2) is 0 Å². The van der Waals surface area contributed by atoms with Crippen LogP contribution in [0.2, 0.25) is 0 Å². The van der Waals surface area contributed by atoms with E-state index in [-0.39, 0.29) is 11.0 Å². The second kappa shape index (κ2) is 3.82. The molecule has 1 unspecified atom stereocenters. The van der Waals surface area contributed by atoms with Gasteiger partial charge in [-0.1, -0.05) is 20.8 Å². The van der Waals surface area contributed by atoms with Crippen LogP contribution < -0.4 is 5.32 Å². The Morgan fingerprint density at radius 1 is 1.33 bits per heavy atom. The Labute approximate surface area is 93.1 Å². The van der Waals surface area contributed by atoms with Gasteiger partial charge in [0.2, 0.25) is 0 Å². The van der Waals surface area contributed by atoms with E-state index in [2.05, 4.69) is 26.1 Å². The van der Waals surface area contributed by atoms with Gasteiger partial charge >= 0.3 is 0 Å². The topological polar surface area (TPSA) is 21.3 Å². The standard InChI is InChI=1S/C13H23NO/c1-12(2,3)13(7-5-8-14-13)11-6-4-9-15-10-11/h10,14H,4-9H2,1-3H3. The molecule has 15 heavy (non-hydrogen) atoms. The Bertz CT molecular complexity index is 256. The van der Waals surface area contributed by atoms with Gasteiger partial charge in [-0.05, 0) is 43.2 Å². The molecule has 86 valence electrons. The maximum Gasteiger partial charge on any atom is 0.0876 e. The molecule has 2 heteroatoms. The van der Waals surface area contributed by atoms with Crippen LogP contribution in [0.25, 0.3) is 0 Å². The van der Waals surface area contributed by atoms with Crippen LogP contribution >= 0.6 is 0 Å². The Balaban J connectivity index is 2.29. The molecule has 0 amide bonds. The van der Waals surface area contributed by atoms with E-state index in [0.717, 1.165) is 13.2 Å². The molecule has 2 nitrogen and oxygen atoms in total. The van der Waals surface area contributed by atoms with Gasteiger partial charge in [0.1, 0.15) is 0 Å². The summed E-state index contributed by atoms with van der Waals surface area (Å²) in [6.07, 6.45) is 6.93. The van der Waals surface area contributed by atoms with E-state index in [0.29, 0.717) is 0 Å². The van der Waals surface area contributed by atoms with Crippen molar-refractivity contribution in [1.29, 1.82) is 0 Å². The summed E-state index contributed by atoms with van der Waals surface area (Å²) in [5.74, 6) is 0. The lowest BCUT2D eigenvalue weighted by Gasteiger charge is -2.45. The van der Waals surface area contributed by atoms with Crippen molar-refractivity contribution in [3.8, 4) is 0 Å². The number of nitrogens with one attached hydrogen (secondary N) is 1. The number of ether oxygens (including phenoxy) is 1. The van der Waals surface area contributed by atoms with Gasteiger partial charge < -0.3 is 10.1 Å². The van der Waals surface area contributed by atoms with Crippen molar-refractivity contribution >= 4 is 0 Å². The minimum Gasteiger partial charge on any atom is -0.501 e. The van der Waals surface area contributed by atoms with E-state index >= 15 is 0 Å². The summed E-state index contributed by atoms with van der Waals surface area (Å²) < 4.78 is 5.51. The molecule has 0 radical (unpaired) electrons. The van der Waals surface area contributed by atoms with Crippen LogP contribution in [0.3, 0.4) is 0 Å². The summed E-state index contributed by atoms with van der Waals surface area (Å²) in [5.41, 5.74) is 1.95. The monoisotopic (exact) mass is 209 g/mol. The number of hydrogen-bond acceptors (Lipinski definition) is 2. The van der Waals surface area contributed by atoms with Crippen molar-refractivity contribution in [2.75, 3.05) is 13.2 Å². The molecule has 0 aromatic carbocycles. The molecule has 0 bridgehead atoms. The van der Waals surface area contributed by atoms with Crippen LogP contribution in [0.1, 0.15) is 46.5 Å². The molecule has 0 aromatic rings. The first kappa shape index (κ1) is 11.0. The summed E-state index contributed by atoms with van der Waals surface area (Å²) in [6.45, 7) is 9.04. The summed E-state index contributed by atoms with van der Waals surface area (Å²) in [6, 6.07) is 0. The first-order valence-electron chi connectivity index (χ1n) is 6.12. The summed E-state index contributed by atoms with van der Waals surface area (Å²) in [5, 5.41) is 3.73. The molecular weight excluding hydrogens is 186 g/mol. The van der Waals surface area contributed by atoms with Gasteiger partial charge in [0.25, 0.3) is 0 Å². The highest BCUT2D eigenvalue weighted by molar-refractivity contribution is 5.26. The minimum absolute atomic E-state index is 0.188. The van der Waals surface area contributed by atoms with Gasteiger partial charge in [-0.2, -0.15) is 0 Å². The highest BCUT2D eigenvalue weighted by atomic mass is 16.5. The molecule has 1 N–H and O–H groups in total. The maximum absolute atomic E-state index is 5.51. The van der Waals surface area contributed by atoms with Gasteiger partial charge in [0.15, 0.2) is 0 Å². The fourth-order valence-corrected chi connectivity index (χ4v) is 3.02. The van der Waals surface area contributed by atoms with Gasteiger partial charge in [-0.15, -0.1) is 0 Å². The smallest absolute Gasteiger partial charge is 0.0876 e. The SMILES string of the molecule is CC(C)(C)C1(C2=COCCC2)CCCN1. The molecule has 2 aliphatic rings. The van der Waals surface area contributed by atoms with Crippen molar-refractivity contribution in [2.24, 2.45) is 5.41 Å². The van der Waals surface area contributed by atoms with E-state index in [1.54, 1.807) is 0 Å². The Morgan fingerprint density at radius 2 is 2.13 bits per heavy atom. The van der Waals surface area contributed by atoms with Crippen molar-refractivity contribution in [3.63, 3.8) is 0 Å². The maximum atomic E-state index is 5.51. The zero-order chi connectivity index (χ0) is 10.9. The first-order chi connectivity index (χ1) is 7.06. The molecule has 0 spiro atoms. The summed E-state index contributed by atoms with van der Waals surface area (Å²) in [4.78, 5) is 0. The van der Waals surface area contributed by atoms with Crippen molar-refractivity contribution in [2.45, 2.75) is 52.0 Å². The molecule has 0 aliphatic carbocycles. The zero-order valence-corrected chi connectivity index (χ0v) is 10.2. The average Bonchev–Trinajstić information content (AvgIpc) is 2.68. The predicted molar refractivity (Wildman–Crippen MR) is 62.7 cm³/mol. The predicted octanol–water partition coefficient (Wildman–Crippen LogP) is 2.85. The number of hydrogen-bond donors (Lipinski definition) is 1. The highest BCUT2D eigenvalue weighted by Gasteiger charge is 2.46. The Kier molecular flexibility index (Phi) is 2.80. The van der Waals surface area contributed by atoms with Crippen LogP contribution in [0, 0.1) is 5.41 Å². The largest absolute Gasteiger partial charge is 0.501 e. The molecular formula is C13H23NO. The van der Waals surface area contributed by atoms with Crippen LogP contribution in [0.4, 0.5) is 0 Å². The van der Waals surface area contributed by atoms with E-state index in [9.17, 15) is 0 Å². The lowest BCUT2D eigenvalue weighted by molar-refractivity contribution is 0.159. The van der Waals surface area contributed by atoms with Crippen molar-refractivity contribution < 1.29 is 4.74 Å². The lowest BCUT2D eigenvalue weighted by Crippen LogP contribution is -2.52. The van der Waals surface area contributed by atoms with Crippen LogP contribution in [0.5, 0.6) is 0 Å². The lowest BCUT2D eigenvalue weighted by atomic mass is 9.67. The summed E-state index contributed by atoms with van der Waals surface area (Å²) in [7, 11) is 0. The van der Waals surface area contributed by atoms with Crippen LogP contribution in [-0.2, 0) is 4.74 Å². The fourth-order valence-electron chi connectivity index (χ4n) is 3.02. The molecule has 0 aromatic heterocycles. The second-order valence-electron chi connectivity index (χ2n) is 5.80. The van der Waals surface area contributed by atoms with Crippen molar-refractivity contribution in [3.05, 3.63) is 11.8 Å². The second-order valence-corrected chi connectivity index (χ2v) is 5.80. The third-order valence-corrected chi connectivity index (χ3v) is 3.92. The first-order valence-corrected chi connectivity index (χ1v) is 6.12. The molecule has 2 aliphatic heterocycles. The molecule has 0 saturated carbocycles. The Hall–Kier alpha value is -0.500. The minimum atomic E-state index is 0.188. The molecule has 1 saturated heterocycles. The third kappa shape index (κ3) is 1.80. The van der Waals surface area contributed by atoms with E-state index in [1.165, 1.54) is 31.3 Å². The molecule has 2 rings (SSSR count). The fraction of sp³-hybridized carbons (Fsp3) is 0.846. The van der Waals surface area contributed by atoms with Gasteiger partial charge in [0.05, 0.1) is 12.9 Å². The van der Waals surface area contributed by atoms with E-state index < -0.39 is 0 Å². The highest BCUT2D eigenvalue weighted by Crippen LogP contribution is 2.44. The van der Waals surface area contributed by atoms with Crippen LogP contribution in [0.15, 0.2) is 11.8 Å². The van der Waals surface area contributed by atoms with E-state index in [4.69, 9.17) is 4.74 Å². The zero-order valence-electron chi connectivity index (χ0n) is 10.2. The van der Waals surface area contributed by atoms with E-state index in [1.807, 2.05) is 6.26 Å². The summed E-state index contributed by atoms with van der Waals surface area (Å²) >= 11 is 0. The van der Waals surface area contributed by atoms with Crippen molar-refractivity contribution in [1.82, 2.24) is 5.32 Å². The Morgan fingerprint density at radius 3 is 2.60 bits per heavy atom. The van der Waals surface area contributed by atoms with Gasteiger partial charge in [0, 0.05) is 5.54 Å². The molecule has 1 fully saturated rings. The molecule has 1 atom stereocenters. The quantitative estimate of drug-likeness (QED) is 0.717. The number of rotatable bonds is 1. The third-order valence-electron chi connectivity index (χ3n) is 3.92. The molecule has 2 heterocycles. The average molecular weight is 209 g/mol. The van der Waals surface area contributed by atoms with Crippen LogP contribution in [-0.4, -0.2) is 18.7 Å². The normalized spacial score (nSPS) is 32.3. The van der Waals surface area contributed by atoms with Gasteiger partial charge in [-0.3, -0.25) is 0 Å².